The molecule has 3 heteroatoms. The van der Waals surface area contributed by atoms with Gasteiger partial charge in [-0.15, -0.1) is 0 Å². The number of benzene rings is 1. The zero-order valence-corrected chi connectivity index (χ0v) is 14.3. The topological polar surface area (TPSA) is 44.9 Å². The molecule has 1 fully saturated rings. The zero-order valence-electron chi connectivity index (χ0n) is 14.3. The maximum absolute atomic E-state index is 12.1. The van der Waals surface area contributed by atoms with E-state index in [9.17, 15) is 4.79 Å². The number of fused-ring (bicyclic) bond motifs is 1. The first-order chi connectivity index (χ1) is 10.3. The number of aryl methyl sites for hydroxylation is 3. The van der Waals surface area contributed by atoms with Gasteiger partial charge in [0.25, 0.3) is 0 Å². The SMILES string of the molecule is Cc1ccc2c(CCNC(=O)C3CC3(C)C)c(C)[nH]c2c1C. The second-order valence-corrected chi connectivity index (χ2v) is 7.44. The molecular weight excluding hydrogens is 272 g/mol. The molecule has 22 heavy (non-hydrogen) atoms. The van der Waals surface area contributed by atoms with Crippen LogP contribution in [-0.4, -0.2) is 17.4 Å². The molecule has 0 aliphatic heterocycles. The first kappa shape index (κ1) is 15.1. The van der Waals surface area contributed by atoms with Crippen molar-refractivity contribution in [2.45, 2.75) is 47.5 Å². The summed E-state index contributed by atoms with van der Waals surface area (Å²) in [5.41, 5.74) is 6.61. The van der Waals surface area contributed by atoms with Crippen LogP contribution in [0.25, 0.3) is 10.9 Å². The zero-order chi connectivity index (χ0) is 16.1. The van der Waals surface area contributed by atoms with Crippen molar-refractivity contribution in [1.29, 1.82) is 0 Å². The van der Waals surface area contributed by atoms with Crippen LogP contribution in [0, 0.1) is 32.1 Å². The number of hydrogen-bond acceptors (Lipinski definition) is 1. The molecule has 0 spiro atoms. The van der Waals surface area contributed by atoms with Crippen molar-refractivity contribution < 1.29 is 4.79 Å². The lowest BCUT2D eigenvalue weighted by Crippen LogP contribution is -2.28. The molecule has 1 aromatic carbocycles. The van der Waals surface area contributed by atoms with Crippen molar-refractivity contribution in [3.63, 3.8) is 0 Å². The first-order valence-corrected chi connectivity index (χ1v) is 8.16. The third-order valence-corrected chi connectivity index (χ3v) is 5.33. The maximum atomic E-state index is 12.1. The molecule has 1 atom stereocenters. The van der Waals surface area contributed by atoms with Crippen molar-refractivity contribution in [2.24, 2.45) is 11.3 Å². The fraction of sp³-hybridized carbons (Fsp3) is 0.526. The minimum absolute atomic E-state index is 0.204. The second kappa shape index (κ2) is 5.15. The highest BCUT2D eigenvalue weighted by Crippen LogP contribution is 2.51. The summed E-state index contributed by atoms with van der Waals surface area (Å²) in [4.78, 5) is 15.6. The Labute approximate surface area is 132 Å². The summed E-state index contributed by atoms with van der Waals surface area (Å²) in [7, 11) is 0. The number of hydrogen-bond donors (Lipinski definition) is 2. The van der Waals surface area contributed by atoms with E-state index in [2.05, 4.69) is 57.1 Å². The number of H-pyrrole nitrogens is 1. The molecule has 0 radical (unpaired) electrons. The van der Waals surface area contributed by atoms with E-state index in [1.807, 2.05) is 0 Å². The van der Waals surface area contributed by atoms with Crippen LogP contribution in [0.15, 0.2) is 12.1 Å². The number of amides is 1. The van der Waals surface area contributed by atoms with Gasteiger partial charge in [-0.05, 0) is 55.7 Å². The van der Waals surface area contributed by atoms with E-state index in [0.717, 1.165) is 12.8 Å². The van der Waals surface area contributed by atoms with Crippen molar-refractivity contribution >= 4 is 16.8 Å². The summed E-state index contributed by atoms with van der Waals surface area (Å²) in [5.74, 6) is 0.427. The summed E-state index contributed by atoms with van der Waals surface area (Å²) < 4.78 is 0. The van der Waals surface area contributed by atoms with E-state index in [-0.39, 0.29) is 17.2 Å². The molecule has 1 unspecified atom stereocenters. The summed E-state index contributed by atoms with van der Waals surface area (Å²) >= 11 is 0. The Morgan fingerprint density at radius 2 is 2.00 bits per heavy atom. The van der Waals surface area contributed by atoms with Gasteiger partial charge in [-0.1, -0.05) is 26.0 Å². The summed E-state index contributed by atoms with van der Waals surface area (Å²) in [6.07, 6.45) is 1.90. The van der Waals surface area contributed by atoms with Gasteiger partial charge < -0.3 is 10.3 Å². The number of carbonyl (C=O) groups excluding carboxylic acids is 1. The van der Waals surface area contributed by atoms with Crippen molar-refractivity contribution in [1.82, 2.24) is 10.3 Å². The second-order valence-electron chi connectivity index (χ2n) is 7.44. The van der Waals surface area contributed by atoms with Crippen LogP contribution in [0.1, 0.15) is 42.7 Å². The predicted molar refractivity (Wildman–Crippen MR) is 91.1 cm³/mol. The van der Waals surface area contributed by atoms with E-state index in [1.165, 1.54) is 33.3 Å². The minimum Gasteiger partial charge on any atom is -0.358 e. The lowest BCUT2D eigenvalue weighted by atomic mass is 10.0. The molecular formula is C19H26N2O. The molecule has 1 amide bonds. The standard InChI is InChI=1S/C19H26N2O/c1-11-6-7-15-14(13(3)21-17(15)12(11)2)8-9-20-18(22)16-10-19(16,4)5/h6-7,16,21H,8-10H2,1-5H3,(H,20,22). The average molecular weight is 298 g/mol. The largest absolute Gasteiger partial charge is 0.358 e. The maximum Gasteiger partial charge on any atom is 0.223 e. The quantitative estimate of drug-likeness (QED) is 0.886. The van der Waals surface area contributed by atoms with Gasteiger partial charge in [0, 0.05) is 29.1 Å². The number of rotatable bonds is 4. The molecule has 2 N–H and O–H groups in total. The van der Waals surface area contributed by atoms with Gasteiger partial charge in [-0.2, -0.15) is 0 Å². The van der Waals surface area contributed by atoms with Gasteiger partial charge in [-0.25, -0.2) is 0 Å². The molecule has 1 aliphatic carbocycles. The smallest absolute Gasteiger partial charge is 0.223 e. The van der Waals surface area contributed by atoms with E-state index >= 15 is 0 Å². The minimum atomic E-state index is 0.204. The van der Waals surface area contributed by atoms with Gasteiger partial charge in [0.1, 0.15) is 0 Å². The Hall–Kier alpha value is -1.77. The van der Waals surface area contributed by atoms with Crippen LogP contribution in [0.4, 0.5) is 0 Å². The van der Waals surface area contributed by atoms with Crippen LogP contribution in [-0.2, 0) is 11.2 Å². The molecule has 3 nitrogen and oxygen atoms in total. The molecule has 1 saturated carbocycles. The molecule has 1 aromatic heterocycles. The lowest BCUT2D eigenvalue weighted by molar-refractivity contribution is -0.122. The molecule has 3 rings (SSSR count). The molecule has 1 heterocycles. The van der Waals surface area contributed by atoms with Crippen molar-refractivity contribution in [3.8, 4) is 0 Å². The molecule has 0 saturated heterocycles. The van der Waals surface area contributed by atoms with Crippen LogP contribution in [0.5, 0.6) is 0 Å². The van der Waals surface area contributed by atoms with Crippen LogP contribution in [0.3, 0.4) is 0 Å². The Balaban J connectivity index is 1.71. The highest BCUT2D eigenvalue weighted by molar-refractivity contribution is 5.88. The normalized spacial score (nSPS) is 19.4. The Bertz CT molecular complexity index is 739. The number of aromatic amines is 1. The average Bonchev–Trinajstić information content (AvgIpc) is 2.97. The molecule has 2 aromatic rings. The van der Waals surface area contributed by atoms with Gasteiger partial charge in [-0.3, -0.25) is 4.79 Å². The van der Waals surface area contributed by atoms with Crippen LogP contribution >= 0.6 is 0 Å². The Morgan fingerprint density at radius 3 is 2.64 bits per heavy atom. The van der Waals surface area contributed by atoms with E-state index < -0.39 is 0 Å². The number of nitrogens with one attached hydrogen (secondary N) is 2. The van der Waals surface area contributed by atoms with E-state index in [0.29, 0.717) is 6.54 Å². The fourth-order valence-electron chi connectivity index (χ4n) is 3.36. The fourth-order valence-corrected chi connectivity index (χ4v) is 3.36. The summed E-state index contributed by atoms with van der Waals surface area (Å²) in [5, 5.41) is 4.40. The highest BCUT2D eigenvalue weighted by atomic mass is 16.2. The van der Waals surface area contributed by atoms with E-state index in [4.69, 9.17) is 0 Å². The number of carbonyl (C=O) groups is 1. The van der Waals surface area contributed by atoms with E-state index in [1.54, 1.807) is 0 Å². The first-order valence-electron chi connectivity index (χ1n) is 8.16. The lowest BCUT2D eigenvalue weighted by Gasteiger charge is -2.07. The highest BCUT2D eigenvalue weighted by Gasteiger charge is 2.50. The summed E-state index contributed by atoms with van der Waals surface area (Å²) in [6.45, 7) is 11.5. The molecule has 1 aliphatic rings. The van der Waals surface area contributed by atoms with Gasteiger partial charge in [0.05, 0.1) is 0 Å². The van der Waals surface area contributed by atoms with Crippen molar-refractivity contribution in [2.75, 3.05) is 6.54 Å². The summed E-state index contributed by atoms with van der Waals surface area (Å²) in [6, 6.07) is 4.38. The molecule has 118 valence electrons. The monoisotopic (exact) mass is 298 g/mol. The Morgan fingerprint density at radius 1 is 1.32 bits per heavy atom. The van der Waals surface area contributed by atoms with Crippen LogP contribution in [0.2, 0.25) is 0 Å². The van der Waals surface area contributed by atoms with Crippen molar-refractivity contribution in [3.05, 3.63) is 34.5 Å². The molecule has 0 bridgehead atoms. The predicted octanol–water partition coefficient (Wildman–Crippen LogP) is 3.80. The van der Waals surface area contributed by atoms with Gasteiger partial charge in [0.2, 0.25) is 5.91 Å². The van der Waals surface area contributed by atoms with Gasteiger partial charge >= 0.3 is 0 Å². The van der Waals surface area contributed by atoms with Crippen LogP contribution < -0.4 is 5.32 Å². The third kappa shape index (κ3) is 2.53. The number of aromatic nitrogens is 1. The van der Waals surface area contributed by atoms with Gasteiger partial charge in [0.15, 0.2) is 0 Å². The Kier molecular flexibility index (Phi) is 3.54. The third-order valence-electron chi connectivity index (χ3n) is 5.33.